The monoisotopic (exact) mass is 621 g/mol. The molecule has 0 aromatic heterocycles. The fourth-order valence-electron chi connectivity index (χ4n) is 6.38. The smallest absolute Gasteiger partial charge is 0.333 e. The fourth-order valence-corrected chi connectivity index (χ4v) is 7.30. The van der Waals surface area contributed by atoms with Crippen molar-refractivity contribution in [2.45, 2.75) is 62.8 Å². The highest BCUT2D eigenvalue weighted by atomic mass is 32.2. The second-order valence-corrected chi connectivity index (χ2v) is 13.5. The van der Waals surface area contributed by atoms with Crippen LogP contribution in [-0.2, 0) is 20.8 Å². The molecular formula is C34H40FN3O5S. The van der Waals surface area contributed by atoms with Crippen LogP contribution in [0.15, 0.2) is 83.8 Å². The van der Waals surface area contributed by atoms with E-state index in [1.165, 1.54) is 37.3 Å². The zero-order valence-electron chi connectivity index (χ0n) is 25.0. The number of ketones is 1. The predicted octanol–water partition coefficient (Wildman–Crippen LogP) is 6.38. The van der Waals surface area contributed by atoms with E-state index in [1.54, 1.807) is 36.4 Å². The molecule has 5 rings (SSSR count). The van der Waals surface area contributed by atoms with Crippen LogP contribution in [0, 0.1) is 17.7 Å². The van der Waals surface area contributed by atoms with E-state index in [2.05, 4.69) is 10.2 Å². The van der Waals surface area contributed by atoms with Gasteiger partial charge in [-0.25, -0.2) is 9.18 Å². The number of hydrogen-bond acceptors (Lipinski definition) is 6. The molecule has 2 aliphatic rings. The number of anilines is 1. The number of hydrogen-bond donors (Lipinski definition) is 1. The maximum Gasteiger partial charge on any atom is 0.347 e. The number of urea groups is 1. The van der Waals surface area contributed by atoms with Gasteiger partial charge in [-0.1, -0.05) is 55.3 Å². The number of carbonyl (C=O) groups is 2. The van der Waals surface area contributed by atoms with Crippen LogP contribution in [0.4, 0.5) is 14.9 Å². The van der Waals surface area contributed by atoms with Crippen LogP contribution in [0.2, 0.25) is 0 Å². The number of likely N-dealkylation sites (tertiary alicyclic amines) is 1. The Bertz CT molecular complexity index is 1530. The quantitative estimate of drug-likeness (QED) is 0.209. The highest BCUT2D eigenvalue weighted by Gasteiger charge is 2.33. The molecule has 234 valence electrons. The van der Waals surface area contributed by atoms with Crippen molar-refractivity contribution in [2.75, 3.05) is 24.7 Å². The van der Waals surface area contributed by atoms with E-state index in [0.29, 0.717) is 11.5 Å². The largest absolute Gasteiger partial charge is 0.347 e. The molecule has 2 amide bonds. The molecule has 8 nitrogen and oxygen atoms in total. The number of piperidine rings is 1. The Labute approximate surface area is 259 Å². The molecule has 1 saturated carbocycles. The van der Waals surface area contributed by atoms with Gasteiger partial charge < -0.3 is 10.2 Å². The summed E-state index contributed by atoms with van der Waals surface area (Å²) in [5.41, 5.74) is 1.61. The number of hydroxylamine groups is 1. The molecule has 1 saturated heterocycles. The Hall–Kier alpha value is -3.60. The molecule has 1 N–H and O–H groups in total. The Morgan fingerprint density at radius 2 is 1.70 bits per heavy atom. The predicted molar refractivity (Wildman–Crippen MR) is 167 cm³/mol. The minimum absolute atomic E-state index is 0.0867. The topological polar surface area (TPSA) is 96.0 Å². The highest BCUT2D eigenvalue weighted by molar-refractivity contribution is 7.86. The number of Topliss-reactive ketones (excluding diaryl/α,β-unsaturated/α-hetero) is 1. The van der Waals surface area contributed by atoms with E-state index < -0.39 is 16.1 Å². The number of nitrogens with one attached hydrogen (secondary N) is 1. The lowest BCUT2D eigenvalue weighted by Crippen LogP contribution is -2.52. The van der Waals surface area contributed by atoms with Gasteiger partial charge in [0.2, 0.25) is 0 Å². The van der Waals surface area contributed by atoms with Crippen molar-refractivity contribution in [2.24, 2.45) is 11.8 Å². The van der Waals surface area contributed by atoms with Crippen molar-refractivity contribution in [3.8, 4) is 0 Å². The first-order chi connectivity index (χ1) is 21.2. The van der Waals surface area contributed by atoms with E-state index in [0.717, 1.165) is 75.2 Å². The first-order valence-electron chi connectivity index (χ1n) is 15.4. The minimum atomic E-state index is -4.35. The number of rotatable bonds is 10. The average Bonchev–Trinajstić information content (AvgIpc) is 3.02. The SMILES string of the molecule is CC(=O)c1cccc(N(OS(=O)(=O)c2ccccc2)C(=O)N[C@@H]2CCCC[C@H]2CN2CCC[C@@H](Cc3ccc(F)cc3)C2)c1. The highest BCUT2D eigenvalue weighted by Crippen LogP contribution is 2.29. The zero-order chi connectivity index (χ0) is 31.1. The summed E-state index contributed by atoms with van der Waals surface area (Å²) in [7, 11) is -4.35. The van der Waals surface area contributed by atoms with Gasteiger partial charge in [0.15, 0.2) is 5.78 Å². The van der Waals surface area contributed by atoms with E-state index in [4.69, 9.17) is 4.28 Å². The van der Waals surface area contributed by atoms with Crippen molar-refractivity contribution in [1.29, 1.82) is 0 Å². The molecule has 0 radical (unpaired) electrons. The van der Waals surface area contributed by atoms with E-state index in [1.807, 2.05) is 12.1 Å². The Kier molecular flexibility index (Phi) is 10.5. The lowest BCUT2D eigenvalue weighted by Gasteiger charge is -2.39. The van der Waals surface area contributed by atoms with Crippen molar-refractivity contribution in [3.63, 3.8) is 0 Å². The molecule has 0 unspecified atom stereocenters. The summed E-state index contributed by atoms with van der Waals surface area (Å²) in [6, 6.07) is 19.7. The molecule has 1 aliphatic heterocycles. The fraction of sp³-hybridized carbons (Fsp3) is 0.412. The van der Waals surface area contributed by atoms with Gasteiger partial charge in [-0.05, 0) is 99.4 Å². The van der Waals surface area contributed by atoms with Crippen molar-refractivity contribution in [1.82, 2.24) is 10.2 Å². The summed E-state index contributed by atoms with van der Waals surface area (Å²) >= 11 is 0. The molecule has 3 aromatic carbocycles. The maximum atomic E-state index is 13.8. The molecule has 2 fully saturated rings. The van der Waals surface area contributed by atoms with Gasteiger partial charge in [-0.3, -0.25) is 4.79 Å². The first-order valence-corrected chi connectivity index (χ1v) is 16.8. The molecular weight excluding hydrogens is 581 g/mol. The molecule has 1 heterocycles. The van der Waals surface area contributed by atoms with Gasteiger partial charge in [-0.2, -0.15) is 13.5 Å². The first kappa shape index (κ1) is 31.8. The molecule has 1 aliphatic carbocycles. The summed E-state index contributed by atoms with van der Waals surface area (Å²) in [4.78, 5) is 28.3. The Morgan fingerprint density at radius 1 is 0.955 bits per heavy atom. The maximum absolute atomic E-state index is 13.8. The number of carbonyl (C=O) groups excluding carboxylic acids is 2. The van der Waals surface area contributed by atoms with Crippen LogP contribution >= 0.6 is 0 Å². The third kappa shape index (κ3) is 8.31. The number of nitrogens with zero attached hydrogens (tertiary/aromatic N) is 2. The number of benzene rings is 3. The number of amides is 2. The molecule has 0 spiro atoms. The molecule has 3 aromatic rings. The van der Waals surface area contributed by atoms with Crippen molar-refractivity contribution < 1.29 is 26.7 Å². The van der Waals surface area contributed by atoms with Crippen LogP contribution in [0.5, 0.6) is 0 Å². The third-order valence-electron chi connectivity index (χ3n) is 8.63. The van der Waals surface area contributed by atoms with Crippen molar-refractivity contribution >= 4 is 27.6 Å². The van der Waals surface area contributed by atoms with Gasteiger partial charge in [-0.15, -0.1) is 4.28 Å². The van der Waals surface area contributed by atoms with Crippen LogP contribution in [-0.4, -0.2) is 50.8 Å². The van der Waals surface area contributed by atoms with Gasteiger partial charge in [0.1, 0.15) is 5.82 Å². The van der Waals surface area contributed by atoms with Gasteiger partial charge in [0.05, 0.1) is 10.6 Å². The molecule has 3 atom stereocenters. The van der Waals surface area contributed by atoms with E-state index in [-0.39, 0.29) is 34.1 Å². The standard InChI is InChI=1S/C34H40FN3O5S/c1-25(39)28-11-7-12-31(22-28)38(43-44(41,42)32-13-3-2-4-14-32)34(40)36-33-15-6-5-10-29(33)24-37-20-8-9-27(23-37)21-26-16-18-30(35)19-17-26/h2-4,7,11-14,16-19,22,27,29,33H,5-6,8-10,15,20-21,23-24H2,1H3,(H,36,40)/t27-,29-,33+/m0/s1. The van der Waals surface area contributed by atoms with Crippen molar-refractivity contribution in [3.05, 3.63) is 95.8 Å². The summed E-state index contributed by atoms with van der Waals surface area (Å²) in [5, 5.41) is 3.84. The van der Waals surface area contributed by atoms with E-state index >= 15 is 0 Å². The van der Waals surface area contributed by atoms with E-state index in [9.17, 15) is 22.4 Å². The second-order valence-electron chi connectivity index (χ2n) is 11.9. The van der Waals surface area contributed by atoms with Gasteiger partial charge in [0, 0.05) is 24.7 Å². The Morgan fingerprint density at radius 3 is 2.45 bits per heavy atom. The Balaban J connectivity index is 1.30. The van der Waals surface area contributed by atoms with Crippen LogP contribution in [0.1, 0.15) is 61.4 Å². The summed E-state index contributed by atoms with van der Waals surface area (Å²) < 4.78 is 45.2. The van der Waals surface area contributed by atoms with Gasteiger partial charge in [0.25, 0.3) is 0 Å². The minimum Gasteiger partial charge on any atom is -0.333 e. The molecule has 10 heteroatoms. The van der Waals surface area contributed by atoms with Crippen LogP contribution < -0.4 is 10.4 Å². The van der Waals surface area contributed by atoms with Gasteiger partial charge >= 0.3 is 16.1 Å². The van der Waals surface area contributed by atoms with Crippen LogP contribution in [0.3, 0.4) is 0 Å². The lowest BCUT2D eigenvalue weighted by atomic mass is 9.83. The lowest BCUT2D eigenvalue weighted by molar-refractivity contribution is 0.101. The molecule has 0 bridgehead atoms. The van der Waals surface area contributed by atoms with Crippen LogP contribution in [0.25, 0.3) is 0 Å². The third-order valence-corrected chi connectivity index (χ3v) is 9.82. The average molecular weight is 622 g/mol. The molecule has 44 heavy (non-hydrogen) atoms. The normalized spacial score (nSPS) is 21.0. The zero-order valence-corrected chi connectivity index (χ0v) is 25.8. The second kappa shape index (κ2) is 14.5. The number of halogens is 1. The summed E-state index contributed by atoms with van der Waals surface area (Å²) in [6.45, 7) is 4.16. The summed E-state index contributed by atoms with van der Waals surface area (Å²) in [5.74, 6) is 0.224. The summed E-state index contributed by atoms with van der Waals surface area (Å²) in [6.07, 6.45) is 6.86.